The van der Waals surface area contributed by atoms with Crippen LogP contribution in [0, 0.1) is 0 Å². The summed E-state index contributed by atoms with van der Waals surface area (Å²) in [4.78, 5) is 13.5. The Morgan fingerprint density at radius 3 is 2.38 bits per heavy atom. The van der Waals surface area contributed by atoms with Gasteiger partial charge < -0.3 is 15.0 Å². The summed E-state index contributed by atoms with van der Waals surface area (Å²) >= 11 is 0. The number of nitrogens with zero attached hydrogens (tertiary/aromatic N) is 1. The summed E-state index contributed by atoms with van der Waals surface area (Å²) in [6, 6.07) is 0. The van der Waals surface area contributed by atoms with Gasteiger partial charge in [0.2, 0.25) is 0 Å². The maximum absolute atomic E-state index is 11.8. The van der Waals surface area contributed by atoms with Crippen LogP contribution in [0.15, 0.2) is 0 Å². The molecule has 1 aliphatic rings. The predicted molar refractivity (Wildman–Crippen MR) is 67.1 cm³/mol. The standard InChI is InChI=1S/C11H22N2O2.ClH/c1-10(2,3)15-9(14)13-7-6-12-11(4,5)8-13;/h12H,6-8H2,1-5H3;1H. The van der Waals surface area contributed by atoms with Crippen LogP contribution in [0.3, 0.4) is 0 Å². The highest BCUT2D eigenvalue weighted by molar-refractivity contribution is 5.85. The van der Waals surface area contributed by atoms with Gasteiger partial charge in [0.15, 0.2) is 0 Å². The Morgan fingerprint density at radius 1 is 1.38 bits per heavy atom. The normalized spacial score (nSPS) is 19.9. The second-order valence-electron chi connectivity index (χ2n) is 5.71. The fourth-order valence-electron chi connectivity index (χ4n) is 1.62. The summed E-state index contributed by atoms with van der Waals surface area (Å²) in [7, 11) is 0. The number of carbonyl (C=O) groups excluding carboxylic acids is 1. The lowest BCUT2D eigenvalue weighted by Crippen LogP contribution is -2.58. The van der Waals surface area contributed by atoms with Crippen molar-refractivity contribution in [1.82, 2.24) is 10.2 Å². The highest BCUT2D eigenvalue weighted by atomic mass is 35.5. The summed E-state index contributed by atoms with van der Waals surface area (Å²) in [6.07, 6.45) is -0.211. The van der Waals surface area contributed by atoms with Crippen LogP contribution in [0.2, 0.25) is 0 Å². The predicted octanol–water partition coefficient (Wildman–Crippen LogP) is 2.03. The lowest BCUT2D eigenvalue weighted by Gasteiger charge is -2.39. The number of ether oxygens (including phenoxy) is 1. The Balaban J connectivity index is 0.00000225. The van der Waals surface area contributed by atoms with Crippen molar-refractivity contribution in [2.45, 2.75) is 45.8 Å². The number of rotatable bonds is 0. The molecule has 5 heteroatoms. The first-order valence-corrected chi connectivity index (χ1v) is 5.43. The van der Waals surface area contributed by atoms with Crippen LogP contribution < -0.4 is 5.32 Å². The molecule has 1 heterocycles. The molecule has 1 saturated heterocycles. The fraction of sp³-hybridized carbons (Fsp3) is 0.909. The first kappa shape index (κ1) is 15.5. The summed E-state index contributed by atoms with van der Waals surface area (Å²) in [5.74, 6) is 0. The number of amides is 1. The molecule has 0 radical (unpaired) electrons. The van der Waals surface area contributed by atoms with Crippen LogP contribution in [0.1, 0.15) is 34.6 Å². The van der Waals surface area contributed by atoms with Gasteiger partial charge in [-0.2, -0.15) is 0 Å². The van der Waals surface area contributed by atoms with E-state index in [1.165, 1.54) is 0 Å². The van der Waals surface area contributed by atoms with Crippen molar-refractivity contribution in [1.29, 1.82) is 0 Å². The second-order valence-corrected chi connectivity index (χ2v) is 5.71. The zero-order valence-corrected chi connectivity index (χ0v) is 11.6. The Morgan fingerprint density at radius 2 is 1.94 bits per heavy atom. The van der Waals surface area contributed by atoms with Gasteiger partial charge in [0.1, 0.15) is 5.60 Å². The molecule has 0 spiro atoms. The Kier molecular flexibility index (Phi) is 5.08. The molecule has 0 aromatic rings. The average molecular weight is 251 g/mol. The number of carbonyl (C=O) groups is 1. The van der Waals surface area contributed by atoms with Gasteiger partial charge in [-0.05, 0) is 34.6 Å². The zero-order valence-electron chi connectivity index (χ0n) is 10.8. The molecule has 1 N–H and O–H groups in total. The minimum atomic E-state index is -0.411. The molecule has 0 saturated carbocycles. The first-order valence-electron chi connectivity index (χ1n) is 5.43. The summed E-state index contributed by atoms with van der Waals surface area (Å²) in [5, 5.41) is 3.36. The molecule has 4 nitrogen and oxygen atoms in total. The van der Waals surface area contributed by atoms with E-state index in [1.807, 2.05) is 20.8 Å². The second kappa shape index (κ2) is 5.23. The molecule has 1 aliphatic heterocycles. The maximum atomic E-state index is 11.8. The smallest absolute Gasteiger partial charge is 0.410 e. The number of nitrogens with one attached hydrogen (secondary N) is 1. The van der Waals surface area contributed by atoms with E-state index in [0.717, 1.165) is 13.1 Å². The van der Waals surface area contributed by atoms with Gasteiger partial charge in [0, 0.05) is 25.2 Å². The van der Waals surface area contributed by atoms with E-state index in [4.69, 9.17) is 4.74 Å². The number of hydrogen-bond donors (Lipinski definition) is 1. The third-order valence-electron chi connectivity index (χ3n) is 2.22. The fourth-order valence-corrected chi connectivity index (χ4v) is 1.62. The van der Waals surface area contributed by atoms with Crippen molar-refractivity contribution in [2.75, 3.05) is 19.6 Å². The maximum Gasteiger partial charge on any atom is 0.410 e. The molecule has 16 heavy (non-hydrogen) atoms. The molecule has 0 unspecified atom stereocenters. The van der Waals surface area contributed by atoms with Gasteiger partial charge >= 0.3 is 6.09 Å². The Labute approximate surface area is 104 Å². The molecule has 1 amide bonds. The highest BCUT2D eigenvalue weighted by Crippen LogP contribution is 2.14. The monoisotopic (exact) mass is 250 g/mol. The van der Waals surface area contributed by atoms with Gasteiger partial charge in [-0.1, -0.05) is 0 Å². The Bertz CT molecular complexity index is 249. The highest BCUT2D eigenvalue weighted by Gasteiger charge is 2.31. The topological polar surface area (TPSA) is 41.6 Å². The van der Waals surface area contributed by atoms with Gasteiger partial charge in [0.25, 0.3) is 0 Å². The zero-order chi connectivity index (χ0) is 11.7. The molecule has 0 aromatic heterocycles. The van der Waals surface area contributed by atoms with Gasteiger partial charge in [-0.25, -0.2) is 4.79 Å². The van der Waals surface area contributed by atoms with Gasteiger partial charge in [0.05, 0.1) is 0 Å². The minimum Gasteiger partial charge on any atom is -0.444 e. The third-order valence-corrected chi connectivity index (χ3v) is 2.22. The quantitative estimate of drug-likeness (QED) is 0.715. The molecular formula is C11H23ClN2O2. The molecule has 0 bridgehead atoms. The van der Waals surface area contributed by atoms with E-state index in [2.05, 4.69) is 19.2 Å². The van der Waals surface area contributed by atoms with Crippen molar-refractivity contribution < 1.29 is 9.53 Å². The average Bonchev–Trinajstić information content (AvgIpc) is 1.99. The number of halogens is 1. The third kappa shape index (κ3) is 5.03. The summed E-state index contributed by atoms with van der Waals surface area (Å²) in [6.45, 7) is 12.1. The van der Waals surface area contributed by atoms with Crippen molar-refractivity contribution in [3.63, 3.8) is 0 Å². The molecule has 1 rings (SSSR count). The van der Waals surface area contributed by atoms with E-state index in [1.54, 1.807) is 4.90 Å². The first-order chi connectivity index (χ1) is 6.70. The minimum absolute atomic E-state index is 0. The van der Waals surface area contributed by atoms with Crippen LogP contribution in [0.4, 0.5) is 4.79 Å². The lowest BCUT2D eigenvalue weighted by atomic mass is 10.0. The van der Waals surface area contributed by atoms with Crippen LogP contribution in [0.5, 0.6) is 0 Å². The number of hydrogen-bond acceptors (Lipinski definition) is 3. The SMILES string of the molecule is CC1(C)CN(C(=O)OC(C)(C)C)CCN1.Cl. The molecule has 1 fully saturated rings. The van der Waals surface area contributed by atoms with Crippen LogP contribution >= 0.6 is 12.4 Å². The van der Waals surface area contributed by atoms with E-state index in [0.29, 0.717) is 6.54 Å². The molecule has 96 valence electrons. The van der Waals surface area contributed by atoms with Crippen LogP contribution in [0.25, 0.3) is 0 Å². The van der Waals surface area contributed by atoms with Crippen molar-refractivity contribution in [2.24, 2.45) is 0 Å². The lowest BCUT2D eigenvalue weighted by molar-refractivity contribution is 0.0149. The van der Waals surface area contributed by atoms with E-state index in [-0.39, 0.29) is 24.0 Å². The van der Waals surface area contributed by atoms with Crippen LogP contribution in [-0.4, -0.2) is 41.8 Å². The molecule has 0 atom stereocenters. The van der Waals surface area contributed by atoms with E-state index >= 15 is 0 Å². The van der Waals surface area contributed by atoms with E-state index < -0.39 is 5.60 Å². The molecule has 0 aromatic carbocycles. The van der Waals surface area contributed by atoms with Crippen molar-refractivity contribution in [3.05, 3.63) is 0 Å². The van der Waals surface area contributed by atoms with E-state index in [9.17, 15) is 4.79 Å². The van der Waals surface area contributed by atoms with Crippen LogP contribution in [-0.2, 0) is 4.74 Å². The van der Waals surface area contributed by atoms with Gasteiger partial charge in [-0.15, -0.1) is 12.4 Å². The number of piperazine rings is 1. The molecule has 0 aliphatic carbocycles. The molecular weight excluding hydrogens is 228 g/mol. The summed E-state index contributed by atoms with van der Waals surface area (Å²) in [5.41, 5.74) is -0.429. The van der Waals surface area contributed by atoms with Crippen molar-refractivity contribution in [3.8, 4) is 0 Å². The van der Waals surface area contributed by atoms with Gasteiger partial charge in [-0.3, -0.25) is 0 Å². The Hall–Kier alpha value is -0.480. The summed E-state index contributed by atoms with van der Waals surface area (Å²) < 4.78 is 5.33. The largest absolute Gasteiger partial charge is 0.444 e. The van der Waals surface area contributed by atoms with Crippen molar-refractivity contribution >= 4 is 18.5 Å².